The summed E-state index contributed by atoms with van der Waals surface area (Å²) in [4.78, 5) is 44.2. The van der Waals surface area contributed by atoms with Crippen LogP contribution >= 0.6 is 70.8 Å². The minimum absolute atomic E-state index is 0.162. The Kier molecular flexibility index (Phi) is 16.1. The molecule has 0 saturated carbocycles. The first kappa shape index (κ1) is 41.0. The molecule has 52 heavy (non-hydrogen) atoms. The quantitative estimate of drug-likeness (QED) is 0.0629. The Hall–Kier alpha value is -5.42. The molecule has 0 aliphatic rings. The zero-order valence-electron chi connectivity index (χ0n) is 27.2. The minimum Gasteiger partial charge on any atom is -0.497 e. The molecule has 21 heteroatoms. The maximum atomic E-state index is 11.6. The number of para-hydroxylation sites is 1. The van der Waals surface area contributed by atoms with E-state index in [1.165, 1.54) is 25.6 Å². The Morgan fingerprint density at radius 3 is 2.02 bits per heavy atom. The molecule has 0 aliphatic carbocycles. The van der Waals surface area contributed by atoms with Gasteiger partial charge in [0.2, 0.25) is 11.8 Å². The van der Waals surface area contributed by atoms with Gasteiger partial charge in [0, 0.05) is 19.6 Å². The second kappa shape index (κ2) is 20.4. The van der Waals surface area contributed by atoms with Gasteiger partial charge in [-0.2, -0.15) is 14.9 Å². The van der Waals surface area contributed by atoms with E-state index in [4.69, 9.17) is 44.9 Å². The minimum atomic E-state index is -0.664. The number of nitrogens with zero attached hydrogens (tertiary/aromatic N) is 3. The molecule has 0 atom stereocenters. The van der Waals surface area contributed by atoms with Gasteiger partial charge >= 0.3 is 6.09 Å². The fraction of sp³-hybridized carbons (Fsp3) is 0.129. The van der Waals surface area contributed by atoms with Crippen molar-refractivity contribution in [3.63, 3.8) is 0 Å². The van der Waals surface area contributed by atoms with E-state index < -0.39 is 12.0 Å². The van der Waals surface area contributed by atoms with Gasteiger partial charge in [0.05, 0.1) is 7.11 Å². The van der Waals surface area contributed by atoms with Crippen molar-refractivity contribution >= 4 is 110 Å². The Morgan fingerprint density at radius 1 is 0.846 bits per heavy atom. The average Bonchev–Trinajstić information content (AvgIpc) is 3.79. The van der Waals surface area contributed by atoms with Crippen LogP contribution in [0.4, 0.5) is 19.8 Å². The number of anilines is 3. The number of aromatic amines is 2. The third-order valence-electron chi connectivity index (χ3n) is 5.81. The highest BCUT2D eigenvalue weighted by Gasteiger charge is 2.16. The monoisotopic (exact) mass is 813 g/mol. The molecule has 0 unspecified atom stereocenters. The molecular formula is C31H27N9O6S6. The molecule has 5 aromatic rings. The van der Waals surface area contributed by atoms with Crippen LogP contribution in [-0.2, 0) is 15.3 Å². The van der Waals surface area contributed by atoms with Crippen LogP contribution in [0.1, 0.15) is 40.9 Å². The van der Waals surface area contributed by atoms with Gasteiger partial charge < -0.3 is 25.8 Å². The Bertz CT molecular complexity index is 2230. The van der Waals surface area contributed by atoms with Crippen molar-refractivity contribution in [2.24, 2.45) is 5.73 Å². The molecule has 0 aliphatic heterocycles. The van der Waals surface area contributed by atoms with Crippen LogP contribution in [-0.4, -0.2) is 44.0 Å². The molecule has 4 amide bonds. The summed E-state index contributed by atoms with van der Waals surface area (Å²) in [6.45, 7) is 2.75. The summed E-state index contributed by atoms with van der Waals surface area (Å²) in [7, 11) is 1.63. The van der Waals surface area contributed by atoms with Crippen LogP contribution in [0.2, 0.25) is 0 Å². The summed E-state index contributed by atoms with van der Waals surface area (Å²) in [6.07, 6.45) is -0.664. The van der Waals surface area contributed by atoms with Gasteiger partial charge in [-0.1, -0.05) is 66.5 Å². The standard InChI is InChI=1S/C14H13N3O2S2.C11H7N3O2S2.C6H7N3O2S2/c1-9(18)16-13-12(7-15)14(17-21-13)20-8-10-3-5-11(19-2)6-4-10;12-6-8-9(17)14-18-10(8)13-11(15)16-7-4-2-1-3-5-7;1-2(10)8-6-3(4(7)11)5(12)9-13-6/h3-6H,8H2,1-2H3,(H,16,18);1-5H,(H,13,15)(H,14,17);1H3,(H2,7,11)(H,8,10)(H,9,12). The van der Waals surface area contributed by atoms with Gasteiger partial charge in [-0.15, -0.1) is 0 Å². The molecule has 5 rings (SSSR count). The molecule has 0 radical (unpaired) electrons. The third kappa shape index (κ3) is 12.4. The number of hydrogen-bond donors (Lipinski definition) is 6. The first-order chi connectivity index (χ1) is 24.9. The molecule has 0 fully saturated rings. The number of nitrogens with two attached hydrogens (primary N) is 1. The molecule has 0 bridgehead atoms. The second-order valence-electron chi connectivity index (χ2n) is 9.58. The molecule has 3 aromatic heterocycles. The number of H-pyrrole nitrogens is 2. The number of methoxy groups -OCH3 is 1. The lowest BCUT2D eigenvalue weighted by Gasteiger charge is -2.04. The lowest BCUT2D eigenvalue weighted by molar-refractivity contribution is -0.115. The number of aromatic nitrogens is 3. The van der Waals surface area contributed by atoms with Crippen molar-refractivity contribution < 1.29 is 28.7 Å². The van der Waals surface area contributed by atoms with E-state index in [0.29, 0.717) is 41.7 Å². The summed E-state index contributed by atoms with van der Waals surface area (Å²) < 4.78 is 20.3. The molecule has 0 saturated heterocycles. The topological polar surface area (TPSA) is 241 Å². The number of primary amides is 1. The summed E-state index contributed by atoms with van der Waals surface area (Å²) in [5.41, 5.74) is 7.00. The molecular weight excluding hydrogens is 787 g/mol. The Morgan fingerprint density at radius 2 is 1.44 bits per heavy atom. The molecule has 2 aromatic carbocycles. The number of benzene rings is 2. The fourth-order valence-electron chi connectivity index (χ4n) is 3.57. The predicted octanol–water partition coefficient (Wildman–Crippen LogP) is 7.43. The van der Waals surface area contributed by atoms with Gasteiger partial charge in [0.1, 0.15) is 69.6 Å². The van der Waals surface area contributed by atoms with Crippen LogP contribution in [0.15, 0.2) is 59.6 Å². The van der Waals surface area contributed by atoms with E-state index in [1.807, 2.05) is 36.4 Å². The maximum absolute atomic E-state index is 11.6. The first-order valence-corrected chi connectivity index (χ1v) is 18.4. The van der Waals surface area contributed by atoms with Crippen molar-refractivity contribution in [3.05, 3.63) is 86.1 Å². The number of rotatable bonds is 9. The summed E-state index contributed by atoms with van der Waals surface area (Å²) in [6, 6.07) is 20.4. The van der Waals surface area contributed by atoms with E-state index in [9.17, 15) is 24.4 Å². The van der Waals surface area contributed by atoms with Crippen LogP contribution in [0, 0.1) is 31.9 Å². The number of ether oxygens (including phenoxy) is 2. The fourth-order valence-corrected chi connectivity index (χ4v) is 7.64. The summed E-state index contributed by atoms with van der Waals surface area (Å²) in [5, 5.41) is 27.5. The summed E-state index contributed by atoms with van der Waals surface area (Å²) >= 11 is 14.4. The number of carbonyl (C=O) groups is 4. The SMILES string of the molecule is CC(=O)Nc1s[nH]c(=S)c1C(N)=O.COc1ccc(CSc2nsc(NC(C)=O)c2C#N)cc1.N#Cc1c(NC(=O)Oc2ccccc2)s[nH]c1=S. The average molecular weight is 814 g/mol. The van der Waals surface area contributed by atoms with Crippen LogP contribution in [0.3, 0.4) is 0 Å². The Labute approximate surface area is 323 Å². The van der Waals surface area contributed by atoms with Crippen molar-refractivity contribution in [2.45, 2.75) is 24.6 Å². The molecule has 0 spiro atoms. The lowest BCUT2D eigenvalue weighted by atomic mass is 10.2. The highest BCUT2D eigenvalue weighted by Crippen LogP contribution is 2.33. The smallest absolute Gasteiger partial charge is 0.417 e. The normalized spacial score (nSPS) is 9.71. The maximum Gasteiger partial charge on any atom is 0.417 e. The number of amides is 4. The second-order valence-corrected chi connectivity index (χ2v) is 13.8. The van der Waals surface area contributed by atoms with Crippen LogP contribution < -0.4 is 31.2 Å². The summed E-state index contributed by atoms with van der Waals surface area (Å²) in [5.74, 6) is 0.804. The molecule has 7 N–H and O–H groups in total. The molecule has 3 heterocycles. The van der Waals surface area contributed by atoms with Crippen molar-refractivity contribution in [1.29, 1.82) is 10.5 Å². The largest absolute Gasteiger partial charge is 0.497 e. The number of nitrogens with one attached hydrogen (secondary N) is 5. The number of hydrogen-bond acceptors (Lipinski definition) is 15. The van der Waals surface area contributed by atoms with E-state index >= 15 is 0 Å². The number of thioether (sulfide) groups is 1. The molecule has 268 valence electrons. The van der Waals surface area contributed by atoms with Gasteiger partial charge in [-0.05, 0) is 64.4 Å². The van der Waals surface area contributed by atoms with Gasteiger partial charge in [-0.25, -0.2) is 4.79 Å². The van der Waals surface area contributed by atoms with E-state index in [0.717, 1.165) is 45.9 Å². The highest BCUT2D eigenvalue weighted by atomic mass is 32.2. The third-order valence-corrected chi connectivity index (χ3v) is 10.2. The first-order valence-electron chi connectivity index (χ1n) is 14.2. The van der Waals surface area contributed by atoms with Crippen molar-refractivity contribution in [1.82, 2.24) is 13.1 Å². The van der Waals surface area contributed by atoms with Crippen molar-refractivity contribution in [3.8, 4) is 23.6 Å². The predicted molar refractivity (Wildman–Crippen MR) is 206 cm³/mol. The molecule has 15 nitrogen and oxygen atoms in total. The number of nitriles is 2. The Balaban J connectivity index is 0.000000216. The highest BCUT2D eigenvalue weighted by molar-refractivity contribution is 7.98. The van der Waals surface area contributed by atoms with E-state index in [-0.39, 0.29) is 27.6 Å². The van der Waals surface area contributed by atoms with Gasteiger partial charge in [0.15, 0.2) is 0 Å². The van der Waals surface area contributed by atoms with Gasteiger partial charge in [-0.3, -0.25) is 28.4 Å². The lowest BCUT2D eigenvalue weighted by Crippen LogP contribution is -2.16. The van der Waals surface area contributed by atoms with E-state index in [2.05, 4.69) is 35.1 Å². The van der Waals surface area contributed by atoms with Crippen LogP contribution in [0.25, 0.3) is 0 Å². The van der Waals surface area contributed by atoms with E-state index in [1.54, 1.807) is 31.4 Å². The van der Waals surface area contributed by atoms with Crippen molar-refractivity contribution in [2.75, 3.05) is 23.1 Å². The zero-order chi connectivity index (χ0) is 38.2. The number of carbonyl (C=O) groups excluding carboxylic acids is 4. The van der Waals surface area contributed by atoms with Gasteiger partial charge in [0.25, 0.3) is 5.91 Å². The van der Waals surface area contributed by atoms with Crippen LogP contribution in [0.5, 0.6) is 11.5 Å². The zero-order valence-corrected chi connectivity index (χ0v) is 32.1.